The molecule has 0 saturated carbocycles. The van der Waals surface area contributed by atoms with Gasteiger partial charge >= 0.3 is 0 Å². The van der Waals surface area contributed by atoms with Crippen LogP contribution in [0.5, 0.6) is 0 Å². The number of hydrogen-bond donors (Lipinski definition) is 2. The van der Waals surface area contributed by atoms with Gasteiger partial charge in [0.15, 0.2) is 0 Å². The lowest BCUT2D eigenvalue weighted by atomic mass is 10.1. The van der Waals surface area contributed by atoms with Crippen LogP contribution in [0, 0.1) is 17.7 Å². The Morgan fingerprint density at radius 1 is 1.55 bits per heavy atom. The molecule has 0 spiro atoms. The second-order valence-electron chi connectivity index (χ2n) is 4.29. The van der Waals surface area contributed by atoms with Crippen LogP contribution >= 0.6 is 11.8 Å². The molecule has 0 saturated heterocycles. The fourth-order valence-corrected chi connectivity index (χ4v) is 1.89. The highest BCUT2D eigenvalue weighted by Gasteiger charge is 2.11. The number of carbonyl (C=O) groups is 1. The lowest BCUT2D eigenvalue weighted by Gasteiger charge is -2.09. The third-order valence-corrected chi connectivity index (χ3v) is 3.83. The molecule has 3 N–H and O–H groups in total. The number of amides is 1. The highest BCUT2D eigenvalue weighted by Crippen LogP contribution is 2.11. The molecule has 0 heterocycles. The van der Waals surface area contributed by atoms with Gasteiger partial charge in [0, 0.05) is 17.4 Å². The molecule has 1 unspecified atom stereocenters. The van der Waals surface area contributed by atoms with E-state index in [0.717, 1.165) is 6.42 Å². The Hall–Kier alpha value is -1.51. The fourth-order valence-electron chi connectivity index (χ4n) is 1.53. The first-order valence-corrected chi connectivity index (χ1v) is 7.66. The van der Waals surface area contributed by atoms with Gasteiger partial charge in [0.1, 0.15) is 5.82 Å². The van der Waals surface area contributed by atoms with Gasteiger partial charge in [-0.1, -0.05) is 18.8 Å². The zero-order valence-corrected chi connectivity index (χ0v) is 12.5. The van der Waals surface area contributed by atoms with Crippen molar-refractivity contribution in [3.05, 3.63) is 35.1 Å². The number of rotatable bonds is 5. The van der Waals surface area contributed by atoms with Gasteiger partial charge in [-0.3, -0.25) is 4.79 Å². The van der Waals surface area contributed by atoms with Crippen LogP contribution in [0.2, 0.25) is 0 Å². The first kappa shape index (κ1) is 16.5. The molecule has 5 heteroatoms. The molecule has 0 radical (unpaired) electrons. The van der Waals surface area contributed by atoms with Gasteiger partial charge in [0.05, 0.1) is 12.1 Å². The number of halogens is 1. The Balaban J connectivity index is 2.64. The second-order valence-corrected chi connectivity index (χ2v) is 5.57. The highest BCUT2D eigenvalue weighted by atomic mass is 32.2. The summed E-state index contributed by atoms with van der Waals surface area (Å²) in [5.41, 5.74) is 5.81. The molecular weight excluding hydrogens is 275 g/mol. The minimum absolute atomic E-state index is 0.0418. The van der Waals surface area contributed by atoms with Crippen molar-refractivity contribution in [2.75, 3.05) is 19.3 Å². The van der Waals surface area contributed by atoms with Crippen molar-refractivity contribution in [2.24, 2.45) is 5.73 Å². The molecule has 20 heavy (non-hydrogen) atoms. The summed E-state index contributed by atoms with van der Waals surface area (Å²) in [6.07, 6.45) is 2.88. The van der Waals surface area contributed by atoms with Crippen LogP contribution < -0.4 is 11.1 Å². The maximum absolute atomic E-state index is 13.8. The average molecular weight is 294 g/mol. The van der Waals surface area contributed by atoms with Crippen molar-refractivity contribution in [3.8, 4) is 11.8 Å². The van der Waals surface area contributed by atoms with Crippen molar-refractivity contribution in [3.63, 3.8) is 0 Å². The minimum atomic E-state index is -0.566. The Morgan fingerprint density at radius 3 is 2.90 bits per heavy atom. The van der Waals surface area contributed by atoms with E-state index in [-0.39, 0.29) is 12.1 Å². The number of nitrogens with one attached hydrogen (secondary N) is 1. The van der Waals surface area contributed by atoms with Crippen LogP contribution in [0.4, 0.5) is 4.39 Å². The predicted octanol–water partition coefficient (Wildman–Crippen LogP) is 2.01. The third kappa shape index (κ3) is 5.24. The van der Waals surface area contributed by atoms with Gasteiger partial charge in [0.25, 0.3) is 5.91 Å². The van der Waals surface area contributed by atoms with E-state index in [9.17, 15) is 9.18 Å². The Kier molecular flexibility index (Phi) is 7.13. The van der Waals surface area contributed by atoms with E-state index < -0.39 is 11.7 Å². The highest BCUT2D eigenvalue weighted by molar-refractivity contribution is 7.99. The van der Waals surface area contributed by atoms with Crippen LogP contribution in [0.3, 0.4) is 0 Å². The Bertz CT molecular complexity index is 522. The van der Waals surface area contributed by atoms with Crippen LogP contribution in [0.25, 0.3) is 0 Å². The van der Waals surface area contributed by atoms with E-state index in [2.05, 4.69) is 24.1 Å². The summed E-state index contributed by atoms with van der Waals surface area (Å²) in [7, 11) is 0. The summed E-state index contributed by atoms with van der Waals surface area (Å²) < 4.78 is 13.8. The van der Waals surface area contributed by atoms with Crippen molar-refractivity contribution < 1.29 is 9.18 Å². The Labute approximate surface area is 123 Å². The van der Waals surface area contributed by atoms with E-state index in [0.29, 0.717) is 17.4 Å². The number of thioether (sulfide) groups is 1. The van der Waals surface area contributed by atoms with E-state index in [1.807, 2.05) is 6.26 Å². The summed E-state index contributed by atoms with van der Waals surface area (Å²) in [5.74, 6) is 4.41. The number of hydrogen-bond acceptors (Lipinski definition) is 3. The topological polar surface area (TPSA) is 55.1 Å². The van der Waals surface area contributed by atoms with E-state index in [1.54, 1.807) is 17.8 Å². The first-order valence-electron chi connectivity index (χ1n) is 6.38. The molecular formula is C15H19FN2OS. The monoisotopic (exact) mass is 294 g/mol. The molecule has 0 aliphatic heterocycles. The lowest BCUT2D eigenvalue weighted by molar-refractivity contribution is 0.0949. The fraction of sp³-hybridized carbons (Fsp3) is 0.400. The van der Waals surface area contributed by atoms with E-state index in [1.165, 1.54) is 12.1 Å². The SMILES string of the molecule is CSC(C)CCNC(=O)c1ccc(C#CCN)cc1F. The normalized spacial score (nSPS) is 11.4. The minimum Gasteiger partial charge on any atom is -0.352 e. The van der Waals surface area contributed by atoms with Gasteiger partial charge in [-0.25, -0.2) is 4.39 Å². The molecule has 1 amide bonds. The standard InChI is InChI=1S/C15H19FN2OS/c1-11(20-2)7-9-18-15(19)13-6-5-12(4-3-8-17)10-14(13)16/h5-6,10-11H,7-9,17H2,1-2H3,(H,18,19). The summed E-state index contributed by atoms with van der Waals surface area (Å²) >= 11 is 1.73. The van der Waals surface area contributed by atoms with Crippen molar-refractivity contribution in [2.45, 2.75) is 18.6 Å². The number of carbonyl (C=O) groups excluding carboxylic acids is 1. The molecule has 1 aromatic rings. The predicted molar refractivity (Wildman–Crippen MR) is 82.3 cm³/mol. The molecule has 3 nitrogen and oxygen atoms in total. The van der Waals surface area contributed by atoms with E-state index >= 15 is 0 Å². The van der Waals surface area contributed by atoms with Crippen molar-refractivity contribution in [1.29, 1.82) is 0 Å². The molecule has 0 fully saturated rings. The first-order chi connectivity index (χ1) is 9.58. The number of benzene rings is 1. The molecule has 1 rings (SSSR count). The van der Waals surface area contributed by atoms with Crippen molar-refractivity contribution >= 4 is 17.7 Å². The van der Waals surface area contributed by atoms with Gasteiger partial charge in [-0.2, -0.15) is 11.8 Å². The second kappa shape index (κ2) is 8.62. The molecule has 0 aliphatic rings. The van der Waals surface area contributed by atoms with Gasteiger partial charge in [0.2, 0.25) is 0 Å². The molecule has 1 aromatic carbocycles. The van der Waals surface area contributed by atoms with Crippen LogP contribution in [-0.4, -0.2) is 30.5 Å². The van der Waals surface area contributed by atoms with Crippen LogP contribution in [0.1, 0.15) is 29.3 Å². The van der Waals surface area contributed by atoms with Gasteiger partial charge in [-0.05, 0) is 30.9 Å². The van der Waals surface area contributed by atoms with Gasteiger partial charge in [-0.15, -0.1) is 0 Å². The maximum Gasteiger partial charge on any atom is 0.254 e. The summed E-state index contributed by atoms with van der Waals surface area (Å²) in [6, 6.07) is 4.32. The summed E-state index contributed by atoms with van der Waals surface area (Å²) in [4.78, 5) is 11.8. The zero-order chi connectivity index (χ0) is 15.0. The van der Waals surface area contributed by atoms with Crippen LogP contribution in [0.15, 0.2) is 18.2 Å². The molecule has 0 aliphatic carbocycles. The van der Waals surface area contributed by atoms with Gasteiger partial charge < -0.3 is 11.1 Å². The molecule has 108 valence electrons. The molecule has 0 aromatic heterocycles. The Morgan fingerprint density at radius 2 is 2.30 bits per heavy atom. The quantitative estimate of drug-likeness (QED) is 0.817. The molecule has 0 bridgehead atoms. The largest absolute Gasteiger partial charge is 0.352 e. The zero-order valence-electron chi connectivity index (χ0n) is 11.7. The lowest BCUT2D eigenvalue weighted by Crippen LogP contribution is -2.26. The molecule has 1 atom stereocenters. The summed E-state index contributed by atoms with van der Waals surface area (Å²) in [6.45, 7) is 2.84. The van der Waals surface area contributed by atoms with Crippen LogP contribution in [-0.2, 0) is 0 Å². The maximum atomic E-state index is 13.8. The smallest absolute Gasteiger partial charge is 0.254 e. The van der Waals surface area contributed by atoms with E-state index in [4.69, 9.17) is 5.73 Å². The number of nitrogens with two attached hydrogens (primary N) is 1. The van der Waals surface area contributed by atoms with Crippen molar-refractivity contribution in [1.82, 2.24) is 5.32 Å². The summed E-state index contributed by atoms with van der Waals surface area (Å²) in [5, 5.41) is 3.19. The third-order valence-electron chi connectivity index (χ3n) is 2.79. The average Bonchev–Trinajstić information content (AvgIpc) is 2.44.